The zero-order valence-corrected chi connectivity index (χ0v) is 22.0. The number of nitrogens with zero attached hydrogens (tertiary/aromatic N) is 3. The number of thioether (sulfide) groups is 1. The largest absolute Gasteiger partial charge is 0.483 e. The Morgan fingerprint density at radius 3 is 2.33 bits per heavy atom. The number of carbonyl (C=O) groups is 1. The maximum Gasteiger partial charge on any atom is 0.234 e. The van der Waals surface area contributed by atoms with Gasteiger partial charge >= 0.3 is 0 Å². The summed E-state index contributed by atoms with van der Waals surface area (Å²) < 4.78 is 8.19. The van der Waals surface area contributed by atoms with Crippen LogP contribution in [0.2, 0.25) is 0 Å². The highest BCUT2D eigenvalue weighted by Gasteiger charge is 2.22. The molecule has 0 radical (unpaired) electrons. The van der Waals surface area contributed by atoms with Gasteiger partial charge in [0.1, 0.15) is 5.75 Å². The maximum absolute atomic E-state index is 12.7. The second-order valence-corrected chi connectivity index (χ2v) is 9.79. The smallest absolute Gasteiger partial charge is 0.234 e. The summed E-state index contributed by atoms with van der Waals surface area (Å²) in [6.07, 6.45) is 0.509. The third kappa shape index (κ3) is 6.15. The number of para-hydroxylation sites is 2. The van der Waals surface area contributed by atoms with E-state index in [1.54, 1.807) is 0 Å². The second kappa shape index (κ2) is 11.9. The molecule has 1 N–H and O–H groups in total. The van der Waals surface area contributed by atoms with E-state index in [-0.39, 0.29) is 17.8 Å². The van der Waals surface area contributed by atoms with Crippen LogP contribution >= 0.6 is 11.8 Å². The van der Waals surface area contributed by atoms with Gasteiger partial charge in [0.2, 0.25) is 5.91 Å². The van der Waals surface area contributed by atoms with Gasteiger partial charge in [-0.15, -0.1) is 10.2 Å². The first-order chi connectivity index (χ1) is 17.5. The molecular weight excluding hydrogens is 468 g/mol. The van der Waals surface area contributed by atoms with Crippen LogP contribution in [0, 0.1) is 0 Å². The lowest BCUT2D eigenvalue weighted by atomic mass is 10.0. The Hall–Kier alpha value is -3.58. The molecule has 4 rings (SSSR count). The van der Waals surface area contributed by atoms with Gasteiger partial charge in [-0.05, 0) is 60.7 Å². The second-order valence-electron chi connectivity index (χ2n) is 8.84. The number of aromatic nitrogens is 3. The Bertz CT molecular complexity index is 1290. The standard InChI is InChI=1S/C29H32N4O2S/c1-5-22-11-9-10-14-26(22)30-27(34)19-36-29-32-31-28(33(29)24-12-7-6-8-13-24)21(4)35-25-17-15-23(16-18-25)20(2)3/h6-18,20-21H,5,19H2,1-4H3,(H,30,34). The quantitative estimate of drug-likeness (QED) is 0.242. The van der Waals surface area contributed by atoms with Gasteiger partial charge in [0.15, 0.2) is 17.1 Å². The molecule has 0 aliphatic heterocycles. The molecule has 1 unspecified atom stereocenters. The highest BCUT2D eigenvalue weighted by molar-refractivity contribution is 7.99. The molecular formula is C29H32N4O2S. The average molecular weight is 501 g/mol. The van der Waals surface area contributed by atoms with E-state index in [0.717, 1.165) is 29.1 Å². The molecule has 0 saturated heterocycles. The summed E-state index contributed by atoms with van der Waals surface area (Å²) in [5.41, 5.74) is 4.14. The van der Waals surface area contributed by atoms with Gasteiger partial charge < -0.3 is 10.1 Å². The predicted octanol–water partition coefficient (Wildman–Crippen LogP) is 6.82. The fourth-order valence-electron chi connectivity index (χ4n) is 3.91. The van der Waals surface area contributed by atoms with E-state index >= 15 is 0 Å². The van der Waals surface area contributed by atoms with Crippen molar-refractivity contribution in [2.75, 3.05) is 11.1 Å². The number of carbonyl (C=O) groups excluding carboxylic acids is 1. The molecule has 4 aromatic rings. The van der Waals surface area contributed by atoms with Crippen molar-refractivity contribution in [2.24, 2.45) is 0 Å². The number of aryl methyl sites for hydroxylation is 1. The first-order valence-electron chi connectivity index (χ1n) is 12.2. The zero-order chi connectivity index (χ0) is 25.5. The van der Waals surface area contributed by atoms with E-state index < -0.39 is 0 Å². The highest BCUT2D eigenvalue weighted by atomic mass is 32.2. The summed E-state index contributed by atoms with van der Waals surface area (Å²) in [6.45, 7) is 8.37. The van der Waals surface area contributed by atoms with Gasteiger partial charge in [0.25, 0.3) is 0 Å². The minimum atomic E-state index is -0.345. The highest BCUT2D eigenvalue weighted by Crippen LogP contribution is 2.29. The SMILES string of the molecule is CCc1ccccc1NC(=O)CSc1nnc(C(C)Oc2ccc(C(C)C)cc2)n1-c1ccccc1. The van der Waals surface area contributed by atoms with Gasteiger partial charge in [0, 0.05) is 11.4 Å². The Kier molecular flexibility index (Phi) is 8.44. The molecule has 1 aromatic heterocycles. The normalized spacial score (nSPS) is 11.9. The number of ether oxygens (including phenoxy) is 1. The topological polar surface area (TPSA) is 69.0 Å². The maximum atomic E-state index is 12.7. The molecule has 0 fully saturated rings. The summed E-state index contributed by atoms with van der Waals surface area (Å²) in [4.78, 5) is 12.7. The Morgan fingerprint density at radius 2 is 1.64 bits per heavy atom. The van der Waals surface area contributed by atoms with E-state index in [4.69, 9.17) is 4.74 Å². The number of hydrogen-bond donors (Lipinski definition) is 1. The van der Waals surface area contributed by atoms with E-state index in [1.165, 1.54) is 17.3 Å². The summed E-state index contributed by atoms with van der Waals surface area (Å²) in [7, 11) is 0. The van der Waals surface area contributed by atoms with Gasteiger partial charge in [-0.25, -0.2) is 0 Å². The van der Waals surface area contributed by atoms with Crippen molar-refractivity contribution in [3.63, 3.8) is 0 Å². The monoisotopic (exact) mass is 500 g/mol. The average Bonchev–Trinajstić information content (AvgIpc) is 3.33. The summed E-state index contributed by atoms with van der Waals surface area (Å²) in [5, 5.41) is 12.5. The third-order valence-corrected chi connectivity index (χ3v) is 6.83. The van der Waals surface area contributed by atoms with Crippen molar-refractivity contribution >= 4 is 23.4 Å². The van der Waals surface area contributed by atoms with Crippen LogP contribution in [0.1, 0.15) is 56.7 Å². The van der Waals surface area contributed by atoms with Crippen LogP contribution in [0.3, 0.4) is 0 Å². The van der Waals surface area contributed by atoms with Gasteiger partial charge in [-0.1, -0.05) is 81.1 Å². The molecule has 186 valence electrons. The molecule has 1 atom stereocenters. The van der Waals surface area contributed by atoms with Crippen molar-refractivity contribution in [3.05, 3.63) is 95.8 Å². The number of nitrogens with one attached hydrogen (secondary N) is 1. The molecule has 0 spiro atoms. The fraction of sp³-hybridized carbons (Fsp3) is 0.276. The van der Waals surface area contributed by atoms with Gasteiger partial charge in [-0.3, -0.25) is 9.36 Å². The van der Waals surface area contributed by atoms with Crippen LogP contribution < -0.4 is 10.1 Å². The summed E-state index contributed by atoms with van der Waals surface area (Å²) in [5.74, 6) is 2.05. The van der Waals surface area contributed by atoms with Gasteiger partial charge in [0.05, 0.1) is 5.75 Å². The third-order valence-electron chi connectivity index (χ3n) is 5.90. The molecule has 7 heteroatoms. The molecule has 0 bridgehead atoms. The molecule has 0 aliphatic carbocycles. The lowest BCUT2D eigenvalue weighted by molar-refractivity contribution is -0.113. The molecule has 1 amide bonds. The van der Waals surface area contributed by atoms with E-state index in [9.17, 15) is 4.79 Å². The lowest BCUT2D eigenvalue weighted by Gasteiger charge is -2.17. The van der Waals surface area contributed by atoms with Crippen molar-refractivity contribution < 1.29 is 9.53 Å². The minimum absolute atomic E-state index is 0.0837. The molecule has 1 heterocycles. The zero-order valence-electron chi connectivity index (χ0n) is 21.1. The molecule has 6 nitrogen and oxygen atoms in total. The van der Waals surface area contributed by atoms with Crippen LogP contribution in [-0.4, -0.2) is 26.4 Å². The number of amides is 1. The van der Waals surface area contributed by atoms with Gasteiger partial charge in [-0.2, -0.15) is 0 Å². The Labute approximate surface area is 217 Å². The van der Waals surface area contributed by atoms with Crippen molar-refractivity contribution in [1.29, 1.82) is 0 Å². The minimum Gasteiger partial charge on any atom is -0.483 e. The van der Waals surface area contributed by atoms with E-state index in [0.29, 0.717) is 16.9 Å². The molecule has 0 aliphatic rings. The van der Waals surface area contributed by atoms with Crippen LogP contribution in [0.25, 0.3) is 5.69 Å². The van der Waals surface area contributed by atoms with E-state index in [1.807, 2.05) is 78.2 Å². The number of hydrogen-bond acceptors (Lipinski definition) is 5. The Morgan fingerprint density at radius 1 is 0.944 bits per heavy atom. The van der Waals surface area contributed by atoms with Crippen LogP contribution in [-0.2, 0) is 11.2 Å². The summed E-state index contributed by atoms with van der Waals surface area (Å²) >= 11 is 1.35. The molecule has 3 aromatic carbocycles. The van der Waals surface area contributed by atoms with Crippen LogP contribution in [0.4, 0.5) is 5.69 Å². The number of rotatable bonds is 10. The summed E-state index contributed by atoms with van der Waals surface area (Å²) in [6, 6.07) is 25.9. The Balaban J connectivity index is 1.52. The fourth-order valence-corrected chi connectivity index (χ4v) is 4.67. The van der Waals surface area contributed by atoms with Crippen molar-refractivity contribution in [3.8, 4) is 11.4 Å². The first kappa shape index (κ1) is 25.5. The number of anilines is 1. The van der Waals surface area contributed by atoms with E-state index in [2.05, 4.69) is 48.4 Å². The molecule has 0 saturated carbocycles. The predicted molar refractivity (Wildman–Crippen MR) is 146 cm³/mol. The van der Waals surface area contributed by atoms with Crippen molar-refractivity contribution in [2.45, 2.75) is 51.3 Å². The number of benzene rings is 3. The van der Waals surface area contributed by atoms with Crippen LogP contribution in [0.15, 0.2) is 84.0 Å². The first-order valence-corrected chi connectivity index (χ1v) is 13.2. The van der Waals surface area contributed by atoms with Crippen molar-refractivity contribution in [1.82, 2.24) is 14.8 Å². The van der Waals surface area contributed by atoms with Crippen LogP contribution in [0.5, 0.6) is 5.75 Å². The molecule has 36 heavy (non-hydrogen) atoms. The lowest BCUT2D eigenvalue weighted by Crippen LogP contribution is -2.16.